The number of rotatable bonds is 8. The molecule has 1 aliphatic carbocycles. The van der Waals surface area contributed by atoms with Crippen LogP contribution in [-0.2, 0) is 11.2 Å². The Labute approximate surface area is 184 Å². The molecule has 1 aliphatic heterocycles. The quantitative estimate of drug-likeness (QED) is 0.579. The van der Waals surface area contributed by atoms with Crippen molar-refractivity contribution in [3.8, 4) is 5.75 Å². The summed E-state index contributed by atoms with van der Waals surface area (Å²) in [6, 6.07) is 23.4. The first-order valence-corrected chi connectivity index (χ1v) is 11.5. The van der Waals surface area contributed by atoms with Crippen LogP contribution in [0.5, 0.6) is 5.75 Å². The second-order valence-electron chi connectivity index (χ2n) is 8.78. The summed E-state index contributed by atoms with van der Waals surface area (Å²) in [5.74, 6) is 1.74. The van der Waals surface area contributed by atoms with Crippen molar-refractivity contribution in [2.45, 2.75) is 31.7 Å². The van der Waals surface area contributed by atoms with E-state index < -0.39 is 0 Å². The molecule has 4 nitrogen and oxygen atoms in total. The number of hydrogen-bond acceptors (Lipinski definition) is 3. The maximum Gasteiger partial charge on any atom is 0.220 e. The summed E-state index contributed by atoms with van der Waals surface area (Å²) in [7, 11) is 0. The molecule has 0 radical (unpaired) electrons. The Kier molecular flexibility index (Phi) is 5.90. The fraction of sp³-hybridized carbons (Fsp3) is 0.370. The summed E-state index contributed by atoms with van der Waals surface area (Å²) in [6.07, 6.45) is 4.13. The molecule has 0 saturated heterocycles. The van der Waals surface area contributed by atoms with Crippen molar-refractivity contribution in [2.75, 3.05) is 26.2 Å². The first-order chi connectivity index (χ1) is 15.3. The van der Waals surface area contributed by atoms with Gasteiger partial charge in [0.2, 0.25) is 5.91 Å². The third-order valence-electron chi connectivity index (χ3n) is 6.57. The van der Waals surface area contributed by atoms with Gasteiger partial charge in [0.1, 0.15) is 12.4 Å². The SMILES string of the molecule is O=C(CC1CC1)NCC1c2ccccc2CCN1CCOc1cccc2ccccc12. The van der Waals surface area contributed by atoms with E-state index in [0.29, 0.717) is 25.5 Å². The number of nitrogens with zero attached hydrogens (tertiary/aromatic N) is 1. The molecule has 1 unspecified atom stereocenters. The van der Waals surface area contributed by atoms with Crippen LogP contribution in [0.25, 0.3) is 10.8 Å². The molecule has 1 atom stereocenters. The smallest absolute Gasteiger partial charge is 0.220 e. The van der Waals surface area contributed by atoms with Gasteiger partial charge in [-0.05, 0) is 47.8 Å². The number of carbonyl (C=O) groups excluding carboxylic acids is 1. The lowest BCUT2D eigenvalue weighted by Crippen LogP contribution is -2.43. The summed E-state index contributed by atoms with van der Waals surface area (Å²) < 4.78 is 6.22. The van der Waals surface area contributed by atoms with E-state index in [4.69, 9.17) is 4.74 Å². The molecule has 5 rings (SSSR count). The average Bonchev–Trinajstić information content (AvgIpc) is 3.62. The maximum atomic E-state index is 12.3. The van der Waals surface area contributed by atoms with E-state index in [2.05, 4.69) is 64.8 Å². The van der Waals surface area contributed by atoms with Crippen molar-refractivity contribution in [1.29, 1.82) is 0 Å². The average molecular weight is 415 g/mol. The molecule has 0 bridgehead atoms. The number of fused-ring (bicyclic) bond motifs is 2. The molecule has 1 N–H and O–H groups in total. The molecule has 0 spiro atoms. The van der Waals surface area contributed by atoms with Gasteiger partial charge < -0.3 is 10.1 Å². The molecule has 3 aromatic rings. The summed E-state index contributed by atoms with van der Waals surface area (Å²) in [6.45, 7) is 3.11. The molecular formula is C27H30N2O2. The Morgan fingerprint density at radius 1 is 1.00 bits per heavy atom. The molecular weight excluding hydrogens is 384 g/mol. The normalized spacial score (nSPS) is 18.5. The van der Waals surface area contributed by atoms with Crippen LogP contribution < -0.4 is 10.1 Å². The highest BCUT2D eigenvalue weighted by atomic mass is 16.5. The lowest BCUT2D eigenvalue weighted by Gasteiger charge is -2.37. The molecule has 1 heterocycles. The van der Waals surface area contributed by atoms with Gasteiger partial charge in [-0.25, -0.2) is 0 Å². The molecule has 1 saturated carbocycles. The molecule has 1 amide bonds. The molecule has 31 heavy (non-hydrogen) atoms. The first kappa shape index (κ1) is 20.1. The van der Waals surface area contributed by atoms with Gasteiger partial charge in [0.25, 0.3) is 0 Å². The van der Waals surface area contributed by atoms with Gasteiger partial charge in [-0.2, -0.15) is 0 Å². The van der Waals surface area contributed by atoms with E-state index in [1.54, 1.807) is 0 Å². The molecule has 2 aliphatic rings. The zero-order valence-corrected chi connectivity index (χ0v) is 17.9. The summed E-state index contributed by atoms with van der Waals surface area (Å²) in [4.78, 5) is 14.8. The summed E-state index contributed by atoms with van der Waals surface area (Å²) >= 11 is 0. The van der Waals surface area contributed by atoms with E-state index in [1.807, 2.05) is 12.1 Å². The third kappa shape index (κ3) is 4.75. The monoisotopic (exact) mass is 414 g/mol. The number of hydrogen-bond donors (Lipinski definition) is 1. The van der Waals surface area contributed by atoms with Crippen LogP contribution in [0, 0.1) is 5.92 Å². The van der Waals surface area contributed by atoms with Gasteiger partial charge in [0.15, 0.2) is 0 Å². The van der Waals surface area contributed by atoms with Gasteiger partial charge >= 0.3 is 0 Å². The third-order valence-corrected chi connectivity index (χ3v) is 6.57. The Bertz CT molecular complexity index is 1050. The lowest BCUT2D eigenvalue weighted by atomic mass is 9.92. The Balaban J connectivity index is 1.25. The van der Waals surface area contributed by atoms with Crippen LogP contribution in [-0.4, -0.2) is 37.0 Å². The second-order valence-corrected chi connectivity index (χ2v) is 8.78. The van der Waals surface area contributed by atoms with E-state index in [1.165, 1.54) is 29.4 Å². The Morgan fingerprint density at radius 2 is 1.81 bits per heavy atom. The fourth-order valence-electron chi connectivity index (χ4n) is 4.67. The minimum Gasteiger partial charge on any atom is -0.492 e. The van der Waals surface area contributed by atoms with Crippen molar-refractivity contribution < 1.29 is 9.53 Å². The minimum absolute atomic E-state index is 0.192. The number of benzene rings is 3. The largest absolute Gasteiger partial charge is 0.492 e. The highest BCUT2D eigenvalue weighted by Crippen LogP contribution is 2.33. The van der Waals surface area contributed by atoms with Crippen molar-refractivity contribution >= 4 is 16.7 Å². The topological polar surface area (TPSA) is 41.6 Å². The molecule has 160 valence electrons. The van der Waals surface area contributed by atoms with Crippen LogP contribution in [0.1, 0.15) is 36.4 Å². The predicted molar refractivity (Wildman–Crippen MR) is 124 cm³/mol. The van der Waals surface area contributed by atoms with Crippen molar-refractivity contribution in [2.24, 2.45) is 5.92 Å². The van der Waals surface area contributed by atoms with Crippen LogP contribution in [0.4, 0.5) is 0 Å². The maximum absolute atomic E-state index is 12.3. The number of nitrogens with one attached hydrogen (secondary N) is 1. The van der Waals surface area contributed by atoms with E-state index in [0.717, 1.165) is 30.6 Å². The Morgan fingerprint density at radius 3 is 2.71 bits per heavy atom. The van der Waals surface area contributed by atoms with Gasteiger partial charge in [0.05, 0.1) is 6.04 Å². The predicted octanol–water partition coefficient (Wildman–Crippen LogP) is 4.73. The Hall–Kier alpha value is -2.85. The van der Waals surface area contributed by atoms with Gasteiger partial charge in [-0.15, -0.1) is 0 Å². The van der Waals surface area contributed by atoms with Crippen LogP contribution >= 0.6 is 0 Å². The van der Waals surface area contributed by atoms with Gasteiger partial charge in [-0.3, -0.25) is 9.69 Å². The molecule has 3 aromatic carbocycles. The van der Waals surface area contributed by atoms with Crippen molar-refractivity contribution in [3.63, 3.8) is 0 Å². The standard InChI is InChI=1S/C27H30N2O2/c30-27(18-20-12-13-20)28-19-25-23-9-3-1-7-22(23)14-15-29(25)16-17-31-26-11-5-8-21-6-2-4-10-24(21)26/h1-11,20,25H,12-19H2,(H,28,30). The molecule has 4 heteroatoms. The highest BCUT2D eigenvalue weighted by Gasteiger charge is 2.29. The summed E-state index contributed by atoms with van der Waals surface area (Å²) in [5.41, 5.74) is 2.74. The van der Waals surface area contributed by atoms with Crippen LogP contribution in [0.2, 0.25) is 0 Å². The van der Waals surface area contributed by atoms with Crippen LogP contribution in [0.3, 0.4) is 0 Å². The first-order valence-electron chi connectivity index (χ1n) is 11.5. The van der Waals surface area contributed by atoms with E-state index in [9.17, 15) is 4.79 Å². The minimum atomic E-state index is 0.192. The lowest BCUT2D eigenvalue weighted by molar-refractivity contribution is -0.121. The van der Waals surface area contributed by atoms with Crippen molar-refractivity contribution in [3.05, 3.63) is 77.9 Å². The summed E-state index contributed by atoms with van der Waals surface area (Å²) in [5, 5.41) is 5.55. The second kappa shape index (κ2) is 9.11. The van der Waals surface area contributed by atoms with Gasteiger partial charge in [-0.1, -0.05) is 60.7 Å². The fourth-order valence-corrected chi connectivity index (χ4v) is 4.67. The molecule has 1 fully saturated rings. The van der Waals surface area contributed by atoms with E-state index in [-0.39, 0.29) is 11.9 Å². The highest BCUT2D eigenvalue weighted by molar-refractivity contribution is 5.88. The van der Waals surface area contributed by atoms with Gasteiger partial charge in [0, 0.05) is 31.4 Å². The van der Waals surface area contributed by atoms with Crippen molar-refractivity contribution in [1.82, 2.24) is 10.2 Å². The van der Waals surface area contributed by atoms with Crippen LogP contribution in [0.15, 0.2) is 66.7 Å². The zero-order chi connectivity index (χ0) is 21.0. The zero-order valence-electron chi connectivity index (χ0n) is 17.9. The molecule has 0 aromatic heterocycles. The number of ether oxygens (including phenoxy) is 1. The number of amides is 1. The number of carbonyl (C=O) groups is 1. The van der Waals surface area contributed by atoms with E-state index >= 15 is 0 Å².